The van der Waals surface area contributed by atoms with Crippen LogP contribution < -0.4 is 11.3 Å². The number of carbonyl (C=O) groups excluding carboxylic acids is 1. The average Bonchev–Trinajstić information content (AvgIpc) is 2.34. The lowest BCUT2D eigenvalue weighted by Crippen LogP contribution is -2.29. The van der Waals surface area contributed by atoms with Crippen LogP contribution in [-0.2, 0) is 11.3 Å². The summed E-state index contributed by atoms with van der Waals surface area (Å²) in [7, 11) is 0. The monoisotopic (exact) mass is 236 g/mol. The Kier molecular flexibility index (Phi) is 5.66. The normalized spacial score (nSPS) is 10.6. The molecule has 4 heteroatoms. The third-order valence-corrected chi connectivity index (χ3v) is 2.46. The molecule has 0 aliphatic carbocycles. The molecular weight excluding hydrogens is 216 g/mol. The minimum absolute atomic E-state index is 0.280. The van der Waals surface area contributed by atoms with E-state index in [2.05, 4.69) is 19.3 Å². The molecule has 0 spiro atoms. The first-order chi connectivity index (χ1) is 8.13. The van der Waals surface area contributed by atoms with Gasteiger partial charge in [0.1, 0.15) is 0 Å². The molecule has 0 atom stereocenters. The second kappa shape index (κ2) is 7.04. The van der Waals surface area contributed by atoms with E-state index in [0.717, 1.165) is 18.6 Å². The van der Waals surface area contributed by atoms with Crippen LogP contribution in [0.1, 0.15) is 36.2 Å². The van der Waals surface area contributed by atoms with Gasteiger partial charge < -0.3 is 4.74 Å². The number of benzene rings is 1. The van der Waals surface area contributed by atoms with Crippen molar-refractivity contribution < 1.29 is 9.53 Å². The standard InChI is InChI=1S/C13H20N2O2/c1-10(2)7-8-17-9-11-3-5-12(6-4-11)13(16)15-14/h3-6,10H,7-9,14H2,1-2H3,(H,15,16). The number of hydrogen-bond acceptors (Lipinski definition) is 3. The molecule has 0 aromatic heterocycles. The largest absolute Gasteiger partial charge is 0.377 e. The molecule has 0 bridgehead atoms. The van der Waals surface area contributed by atoms with Crippen LogP contribution in [0.15, 0.2) is 24.3 Å². The van der Waals surface area contributed by atoms with E-state index in [0.29, 0.717) is 18.1 Å². The predicted molar refractivity (Wildman–Crippen MR) is 67.2 cm³/mol. The fourth-order valence-electron chi connectivity index (χ4n) is 1.34. The Hall–Kier alpha value is -1.39. The third kappa shape index (κ3) is 4.97. The minimum atomic E-state index is -0.280. The maximum absolute atomic E-state index is 11.2. The fraction of sp³-hybridized carbons (Fsp3) is 0.462. The highest BCUT2D eigenvalue weighted by Gasteiger charge is 2.02. The Labute approximate surface area is 102 Å². The van der Waals surface area contributed by atoms with E-state index < -0.39 is 0 Å². The molecule has 1 amide bonds. The first kappa shape index (κ1) is 13.7. The van der Waals surface area contributed by atoms with E-state index in [-0.39, 0.29) is 5.91 Å². The Bertz CT molecular complexity index is 347. The van der Waals surface area contributed by atoms with Gasteiger partial charge in [0.05, 0.1) is 6.61 Å². The van der Waals surface area contributed by atoms with Gasteiger partial charge in [0.2, 0.25) is 0 Å². The minimum Gasteiger partial charge on any atom is -0.377 e. The number of ether oxygens (including phenoxy) is 1. The van der Waals surface area contributed by atoms with Crippen LogP contribution in [-0.4, -0.2) is 12.5 Å². The molecule has 0 unspecified atom stereocenters. The molecule has 0 radical (unpaired) electrons. The molecule has 94 valence electrons. The summed E-state index contributed by atoms with van der Waals surface area (Å²) < 4.78 is 5.53. The number of hydrazine groups is 1. The Balaban J connectivity index is 2.38. The van der Waals surface area contributed by atoms with Crippen molar-refractivity contribution in [3.05, 3.63) is 35.4 Å². The zero-order valence-electron chi connectivity index (χ0n) is 10.4. The molecule has 1 aromatic carbocycles. The summed E-state index contributed by atoms with van der Waals surface area (Å²) in [5.74, 6) is 5.42. The van der Waals surface area contributed by atoms with E-state index in [1.807, 2.05) is 12.1 Å². The SMILES string of the molecule is CC(C)CCOCc1ccc(C(=O)NN)cc1. The van der Waals surface area contributed by atoms with Gasteiger partial charge in [-0.05, 0) is 30.0 Å². The van der Waals surface area contributed by atoms with Crippen LogP contribution in [0.3, 0.4) is 0 Å². The fourth-order valence-corrected chi connectivity index (χ4v) is 1.34. The molecule has 17 heavy (non-hydrogen) atoms. The molecule has 0 aliphatic rings. The number of hydrogen-bond donors (Lipinski definition) is 2. The van der Waals surface area contributed by atoms with Gasteiger partial charge in [0, 0.05) is 12.2 Å². The van der Waals surface area contributed by atoms with Crippen molar-refractivity contribution in [1.82, 2.24) is 5.43 Å². The van der Waals surface area contributed by atoms with Crippen molar-refractivity contribution in [3.63, 3.8) is 0 Å². The second-order valence-electron chi connectivity index (χ2n) is 4.41. The first-order valence-corrected chi connectivity index (χ1v) is 5.81. The Morgan fingerprint density at radius 2 is 2.00 bits per heavy atom. The zero-order chi connectivity index (χ0) is 12.7. The van der Waals surface area contributed by atoms with Gasteiger partial charge >= 0.3 is 0 Å². The van der Waals surface area contributed by atoms with Gasteiger partial charge in [-0.15, -0.1) is 0 Å². The third-order valence-electron chi connectivity index (χ3n) is 2.46. The lowest BCUT2D eigenvalue weighted by atomic mass is 10.1. The summed E-state index contributed by atoms with van der Waals surface area (Å²) >= 11 is 0. The van der Waals surface area contributed by atoms with E-state index in [9.17, 15) is 4.79 Å². The van der Waals surface area contributed by atoms with Crippen LogP contribution in [0.4, 0.5) is 0 Å². The molecule has 0 saturated carbocycles. The highest BCUT2D eigenvalue weighted by atomic mass is 16.5. The number of amides is 1. The smallest absolute Gasteiger partial charge is 0.265 e. The lowest BCUT2D eigenvalue weighted by molar-refractivity contribution is 0.0953. The van der Waals surface area contributed by atoms with E-state index in [4.69, 9.17) is 10.6 Å². The number of nitrogen functional groups attached to an aromatic ring is 1. The second-order valence-corrected chi connectivity index (χ2v) is 4.41. The molecule has 0 saturated heterocycles. The first-order valence-electron chi connectivity index (χ1n) is 5.81. The predicted octanol–water partition coefficient (Wildman–Crippen LogP) is 1.85. The van der Waals surface area contributed by atoms with E-state index >= 15 is 0 Å². The van der Waals surface area contributed by atoms with Gasteiger partial charge in [-0.3, -0.25) is 10.2 Å². The van der Waals surface area contributed by atoms with Crippen molar-refractivity contribution in [2.75, 3.05) is 6.61 Å². The summed E-state index contributed by atoms with van der Waals surface area (Å²) in [6, 6.07) is 7.23. The number of nitrogens with two attached hydrogens (primary N) is 1. The van der Waals surface area contributed by atoms with Crippen molar-refractivity contribution in [2.45, 2.75) is 26.9 Å². The number of nitrogens with one attached hydrogen (secondary N) is 1. The van der Waals surface area contributed by atoms with Crippen LogP contribution in [0.5, 0.6) is 0 Å². The Morgan fingerprint density at radius 1 is 1.35 bits per heavy atom. The number of rotatable bonds is 6. The zero-order valence-corrected chi connectivity index (χ0v) is 10.4. The van der Waals surface area contributed by atoms with Crippen LogP contribution in [0.2, 0.25) is 0 Å². The lowest BCUT2D eigenvalue weighted by Gasteiger charge is -2.07. The molecule has 1 rings (SSSR count). The maximum atomic E-state index is 11.2. The molecular formula is C13H20N2O2. The van der Waals surface area contributed by atoms with Crippen LogP contribution >= 0.6 is 0 Å². The average molecular weight is 236 g/mol. The van der Waals surface area contributed by atoms with Crippen LogP contribution in [0.25, 0.3) is 0 Å². The maximum Gasteiger partial charge on any atom is 0.265 e. The van der Waals surface area contributed by atoms with Gasteiger partial charge in [-0.1, -0.05) is 26.0 Å². The summed E-state index contributed by atoms with van der Waals surface area (Å²) in [5.41, 5.74) is 3.71. The highest BCUT2D eigenvalue weighted by molar-refractivity contribution is 5.93. The Morgan fingerprint density at radius 3 is 2.53 bits per heavy atom. The summed E-state index contributed by atoms with van der Waals surface area (Å²) in [6.07, 6.45) is 1.06. The molecule has 3 N–H and O–H groups in total. The molecule has 4 nitrogen and oxygen atoms in total. The molecule has 1 aromatic rings. The van der Waals surface area contributed by atoms with E-state index in [1.54, 1.807) is 12.1 Å². The van der Waals surface area contributed by atoms with Crippen molar-refractivity contribution in [3.8, 4) is 0 Å². The topological polar surface area (TPSA) is 64.3 Å². The van der Waals surface area contributed by atoms with Gasteiger partial charge in [0.25, 0.3) is 5.91 Å². The molecule has 0 fully saturated rings. The summed E-state index contributed by atoms with van der Waals surface area (Å²) in [6.45, 7) is 5.69. The summed E-state index contributed by atoms with van der Waals surface area (Å²) in [4.78, 5) is 11.2. The van der Waals surface area contributed by atoms with Crippen LogP contribution in [0, 0.1) is 5.92 Å². The highest BCUT2D eigenvalue weighted by Crippen LogP contribution is 2.07. The molecule has 0 heterocycles. The number of carbonyl (C=O) groups is 1. The molecule has 0 aliphatic heterocycles. The van der Waals surface area contributed by atoms with Crippen molar-refractivity contribution in [2.24, 2.45) is 11.8 Å². The van der Waals surface area contributed by atoms with Gasteiger partial charge in [0.15, 0.2) is 0 Å². The quantitative estimate of drug-likeness (QED) is 0.343. The summed E-state index contributed by atoms with van der Waals surface area (Å²) in [5, 5.41) is 0. The van der Waals surface area contributed by atoms with Gasteiger partial charge in [-0.25, -0.2) is 5.84 Å². The van der Waals surface area contributed by atoms with Gasteiger partial charge in [-0.2, -0.15) is 0 Å². The van der Waals surface area contributed by atoms with E-state index in [1.165, 1.54) is 0 Å². The van der Waals surface area contributed by atoms with Crippen molar-refractivity contribution in [1.29, 1.82) is 0 Å². The van der Waals surface area contributed by atoms with Crippen molar-refractivity contribution >= 4 is 5.91 Å².